The molecule has 45 heavy (non-hydrogen) atoms. The average molecular weight is 720 g/mol. The van der Waals surface area contributed by atoms with Crippen LogP contribution in [0.5, 0.6) is 0 Å². The first-order valence-corrected chi connectivity index (χ1v) is 15.8. The van der Waals surface area contributed by atoms with Gasteiger partial charge in [-0.05, 0) is 24.3 Å². The van der Waals surface area contributed by atoms with Gasteiger partial charge in [0.05, 0.1) is 28.2 Å². The quantitative estimate of drug-likeness (QED) is 0.131. The minimum Gasteiger partial charge on any atom is -0.311 e. The van der Waals surface area contributed by atoms with E-state index in [9.17, 15) is 0 Å². The fraction of sp³-hybridized carbons (Fsp3) is 0.459. The minimum absolute atomic E-state index is 0. The third-order valence-electron chi connectivity index (χ3n) is 7.72. The van der Waals surface area contributed by atoms with E-state index in [-0.39, 0.29) is 39.0 Å². The first-order chi connectivity index (χ1) is 20.4. The molecule has 0 aliphatic carbocycles. The summed E-state index contributed by atoms with van der Waals surface area (Å²) in [6.07, 6.45) is 12.5. The van der Waals surface area contributed by atoms with Gasteiger partial charge in [0.25, 0.3) is 0 Å². The molecular formula is C37H60N6Zn2+6. The number of pyridine rings is 4. The van der Waals surface area contributed by atoms with E-state index in [1.54, 1.807) is 0 Å². The number of unbranched alkanes of at least 4 members (excludes halogenated alkanes) is 2. The maximum absolute atomic E-state index is 2.28. The van der Waals surface area contributed by atoms with Gasteiger partial charge in [-0.3, -0.25) is 0 Å². The fourth-order valence-corrected chi connectivity index (χ4v) is 5.11. The minimum atomic E-state index is 0. The van der Waals surface area contributed by atoms with E-state index >= 15 is 0 Å². The van der Waals surface area contributed by atoms with E-state index < -0.39 is 0 Å². The Hall–Kier alpha value is -2.23. The van der Waals surface area contributed by atoms with Crippen LogP contribution < -0.4 is 18.3 Å². The predicted octanol–water partition coefficient (Wildman–Crippen LogP) is 4.42. The molecule has 4 rings (SSSR count). The zero-order valence-corrected chi connectivity index (χ0v) is 36.2. The number of aromatic nitrogens is 4. The Labute approximate surface area is 300 Å². The number of hydrogen-bond donors (Lipinski definition) is 0. The summed E-state index contributed by atoms with van der Waals surface area (Å²) in [6.45, 7) is 8.50. The van der Waals surface area contributed by atoms with Crippen molar-refractivity contribution in [2.75, 3.05) is 28.2 Å². The van der Waals surface area contributed by atoms with Crippen molar-refractivity contribution in [3.8, 4) is 0 Å². The summed E-state index contributed by atoms with van der Waals surface area (Å²) in [4.78, 5) is 0. The van der Waals surface area contributed by atoms with Crippen molar-refractivity contribution >= 4 is 0 Å². The van der Waals surface area contributed by atoms with E-state index in [0.717, 1.165) is 35.1 Å². The number of nitrogens with zero attached hydrogens (tertiary/aromatic N) is 6. The van der Waals surface area contributed by atoms with Crippen LogP contribution in [0.25, 0.3) is 0 Å². The Morgan fingerprint density at radius 3 is 0.800 bits per heavy atom. The summed E-state index contributed by atoms with van der Waals surface area (Å²) in [5.74, 6) is 0. The van der Waals surface area contributed by atoms with Gasteiger partial charge in [0.15, 0.2) is 51.0 Å². The van der Waals surface area contributed by atoms with Crippen LogP contribution in [-0.4, -0.2) is 37.2 Å². The Morgan fingerprint density at radius 1 is 0.422 bits per heavy atom. The zero-order chi connectivity index (χ0) is 31.9. The number of aryl methyl sites for hydroxylation is 4. The van der Waals surface area contributed by atoms with Crippen LogP contribution in [0.2, 0.25) is 0 Å². The molecular weight excluding hydrogens is 659 g/mol. The van der Waals surface area contributed by atoms with Crippen LogP contribution in [0.1, 0.15) is 55.9 Å². The molecule has 8 heteroatoms. The molecule has 0 aliphatic rings. The van der Waals surface area contributed by atoms with Crippen molar-refractivity contribution in [2.24, 2.45) is 28.2 Å². The summed E-state index contributed by atoms with van der Waals surface area (Å²) in [5, 5.41) is 0. The van der Waals surface area contributed by atoms with Gasteiger partial charge in [0.2, 0.25) is 22.8 Å². The van der Waals surface area contributed by atoms with Crippen molar-refractivity contribution in [1.29, 1.82) is 0 Å². The molecule has 0 amide bonds. The first-order valence-electron chi connectivity index (χ1n) is 15.8. The molecule has 0 N–H and O–H groups in total. The normalized spacial score (nSPS) is 10.7. The van der Waals surface area contributed by atoms with Gasteiger partial charge in [0.1, 0.15) is 28.2 Å². The molecule has 0 unspecified atom stereocenters. The smallest absolute Gasteiger partial charge is 0.236 e. The second-order valence-corrected chi connectivity index (χ2v) is 13.1. The van der Waals surface area contributed by atoms with Gasteiger partial charge in [-0.15, -0.1) is 0 Å². The predicted molar refractivity (Wildman–Crippen MR) is 175 cm³/mol. The van der Waals surface area contributed by atoms with E-state index in [4.69, 9.17) is 0 Å². The summed E-state index contributed by atoms with van der Waals surface area (Å²) in [7, 11) is 17.5. The van der Waals surface area contributed by atoms with Gasteiger partial charge < -0.3 is 8.97 Å². The van der Waals surface area contributed by atoms with E-state index in [1.807, 2.05) is 0 Å². The molecule has 0 saturated heterocycles. The van der Waals surface area contributed by atoms with Crippen molar-refractivity contribution < 1.29 is 66.2 Å². The first kappa shape index (κ1) is 42.8. The molecule has 0 spiro atoms. The van der Waals surface area contributed by atoms with Crippen LogP contribution in [0.15, 0.2) is 97.6 Å². The Morgan fingerprint density at radius 2 is 0.644 bits per heavy atom. The largest absolute Gasteiger partial charge is 0.311 e. The topological polar surface area (TPSA) is 15.5 Å². The maximum atomic E-state index is 2.28. The molecule has 6 nitrogen and oxygen atoms in total. The summed E-state index contributed by atoms with van der Waals surface area (Å²) >= 11 is 0. The maximum Gasteiger partial charge on any atom is 0.236 e. The van der Waals surface area contributed by atoms with Gasteiger partial charge in [0, 0.05) is 87.5 Å². The Bertz CT molecular complexity index is 1190. The Kier molecular flexibility index (Phi) is 20.5. The van der Waals surface area contributed by atoms with E-state index in [2.05, 4.69) is 186 Å². The molecule has 0 radical (unpaired) electrons. The number of rotatable bonds is 10. The molecule has 0 aromatic carbocycles. The van der Waals surface area contributed by atoms with Crippen molar-refractivity contribution in [3.63, 3.8) is 0 Å². The SMILES string of the molecule is CCCCC.C[n+]1ccccc1C[N+](C)(C)Cc1cccc[n+]1C.C[n+]1ccccc1C[N+](C)(C)Cc1cccc[n+]1C.[Zn].[Zn]. The number of quaternary nitrogens is 2. The summed E-state index contributed by atoms with van der Waals surface area (Å²) < 4.78 is 10.7. The second-order valence-electron chi connectivity index (χ2n) is 13.1. The monoisotopic (exact) mass is 716 g/mol. The van der Waals surface area contributed by atoms with Gasteiger partial charge in [-0.25, -0.2) is 18.3 Å². The molecule has 0 bridgehead atoms. The van der Waals surface area contributed by atoms with Crippen LogP contribution in [0, 0.1) is 0 Å². The van der Waals surface area contributed by atoms with Crippen LogP contribution >= 0.6 is 0 Å². The molecule has 0 fully saturated rings. The standard InChI is InChI=1S/2C16H24N3.C5H12.2Zn/c2*1-17-11-7-5-9-15(17)13-19(3,4)14-16-10-6-8-12-18(16)2;1-3-5-4-2;;/h2*5-12H,13-14H2,1-4H3;3-5H2,1-2H3;;/q2*+3;;;. The number of hydrogen-bond acceptors (Lipinski definition) is 0. The molecule has 0 atom stereocenters. The van der Waals surface area contributed by atoms with E-state index in [0.29, 0.717) is 0 Å². The van der Waals surface area contributed by atoms with Crippen molar-refractivity contribution in [1.82, 2.24) is 0 Å². The fourth-order valence-electron chi connectivity index (χ4n) is 5.11. The van der Waals surface area contributed by atoms with Gasteiger partial charge >= 0.3 is 0 Å². The molecule has 236 valence electrons. The van der Waals surface area contributed by atoms with Gasteiger partial charge in [-0.1, -0.05) is 33.1 Å². The molecule has 4 aromatic rings. The molecule has 4 aromatic heterocycles. The van der Waals surface area contributed by atoms with Crippen LogP contribution in [-0.2, 0) is 93.3 Å². The van der Waals surface area contributed by atoms with Crippen LogP contribution in [0.4, 0.5) is 0 Å². The zero-order valence-electron chi connectivity index (χ0n) is 30.3. The van der Waals surface area contributed by atoms with Gasteiger partial charge in [-0.2, -0.15) is 0 Å². The second kappa shape index (κ2) is 21.5. The molecule has 0 saturated carbocycles. The van der Waals surface area contributed by atoms with Crippen LogP contribution in [0.3, 0.4) is 0 Å². The summed E-state index contributed by atoms with van der Waals surface area (Å²) in [6, 6.07) is 25.5. The summed E-state index contributed by atoms with van der Waals surface area (Å²) in [5.41, 5.74) is 5.41. The van der Waals surface area contributed by atoms with Crippen molar-refractivity contribution in [2.45, 2.75) is 59.3 Å². The Balaban J connectivity index is 0.000000721. The average Bonchev–Trinajstić information content (AvgIpc) is 2.95. The van der Waals surface area contributed by atoms with Crippen molar-refractivity contribution in [3.05, 3.63) is 120 Å². The molecule has 4 heterocycles. The third kappa shape index (κ3) is 16.2. The van der Waals surface area contributed by atoms with E-state index in [1.165, 1.54) is 42.0 Å². The third-order valence-corrected chi connectivity index (χ3v) is 7.72. The molecule has 0 aliphatic heterocycles.